The van der Waals surface area contributed by atoms with E-state index in [2.05, 4.69) is 15.6 Å². The van der Waals surface area contributed by atoms with Crippen LogP contribution in [-0.2, 0) is 6.54 Å². The molecule has 150 valence electrons. The second kappa shape index (κ2) is 10.1. The third-order valence-corrected chi connectivity index (χ3v) is 4.74. The summed E-state index contributed by atoms with van der Waals surface area (Å²) in [5.41, 5.74) is 0.655. The maximum atomic E-state index is 13.7. The number of hydrogen-bond acceptors (Lipinski definition) is 3. The number of H-pyrrole nitrogens is 1. The second-order valence-electron chi connectivity index (χ2n) is 6.06. The summed E-state index contributed by atoms with van der Waals surface area (Å²) in [6, 6.07) is 8.54. The topological polar surface area (TPSA) is 56.9 Å². The highest BCUT2D eigenvalue weighted by Crippen LogP contribution is 2.22. The van der Waals surface area contributed by atoms with Crippen molar-refractivity contribution in [3.63, 3.8) is 0 Å². The number of pyridine rings is 1. The van der Waals surface area contributed by atoms with Crippen molar-refractivity contribution in [2.24, 2.45) is 0 Å². The van der Waals surface area contributed by atoms with Gasteiger partial charge in [-0.15, -0.1) is 12.4 Å². The van der Waals surface area contributed by atoms with E-state index in [9.17, 15) is 13.6 Å². The normalized spacial score (nSPS) is 10.7. The second-order valence-corrected chi connectivity index (χ2v) is 6.88. The Morgan fingerprint density at radius 2 is 1.79 bits per heavy atom. The molecule has 0 saturated heterocycles. The van der Waals surface area contributed by atoms with Crippen molar-refractivity contribution in [3.8, 4) is 0 Å². The van der Waals surface area contributed by atoms with E-state index in [1.54, 1.807) is 6.07 Å². The van der Waals surface area contributed by atoms with Gasteiger partial charge in [-0.2, -0.15) is 0 Å². The lowest BCUT2D eigenvalue weighted by Crippen LogP contribution is -2.18. The minimum Gasteiger partial charge on any atom is -0.371 e. The predicted octanol–water partition coefficient (Wildman–Crippen LogP) is 5.13. The smallest absolute Gasteiger partial charge is 0.194 e. The van der Waals surface area contributed by atoms with E-state index in [0.29, 0.717) is 35.0 Å². The molecule has 0 aliphatic carbocycles. The molecule has 28 heavy (non-hydrogen) atoms. The summed E-state index contributed by atoms with van der Waals surface area (Å²) < 4.78 is 27.0. The Labute approximate surface area is 176 Å². The summed E-state index contributed by atoms with van der Waals surface area (Å²) in [7, 11) is 0. The quantitative estimate of drug-likeness (QED) is 0.439. The molecule has 3 rings (SSSR count). The van der Waals surface area contributed by atoms with Gasteiger partial charge in [-0.3, -0.25) is 4.79 Å². The molecule has 1 aromatic heterocycles. The van der Waals surface area contributed by atoms with Crippen molar-refractivity contribution in [2.45, 2.75) is 13.0 Å². The van der Waals surface area contributed by atoms with Crippen LogP contribution in [0.1, 0.15) is 12.0 Å². The van der Waals surface area contributed by atoms with E-state index in [-0.39, 0.29) is 23.3 Å². The molecule has 4 nitrogen and oxygen atoms in total. The molecule has 0 fully saturated rings. The summed E-state index contributed by atoms with van der Waals surface area (Å²) in [5.74, 6) is -1.19. The van der Waals surface area contributed by atoms with Gasteiger partial charge in [0.05, 0.1) is 20.9 Å². The first-order valence-electron chi connectivity index (χ1n) is 8.34. The van der Waals surface area contributed by atoms with Crippen LogP contribution in [-0.4, -0.2) is 18.1 Å². The molecule has 2 aromatic carbocycles. The first-order valence-corrected chi connectivity index (χ1v) is 9.10. The van der Waals surface area contributed by atoms with Gasteiger partial charge in [0.2, 0.25) is 0 Å². The first-order chi connectivity index (χ1) is 12.9. The molecule has 3 N–H and O–H groups in total. The molecule has 0 bridgehead atoms. The molecule has 0 amide bonds. The van der Waals surface area contributed by atoms with Crippen LogP contribution < -0.4 is 16.1 Å². The Hall–Kier alpha value is -1.86. The minimum absolute atomic E-state index is 0. The molecule has 0 aliphatic heterocycles. The van der Waals surface area contributed by atoms with Crippen molar-refractivity contribution < 1.29 is 8.78 Å². The average Bonchev–Trinajstić information content (AvgIpc) is 2.60. The third-order valence-electron chi connectivity index (χ3n) is 4.01. The number of halogens is 5. The lowest BCUT2D eigenvalue weighted by molar-refractivity contribution is 0.591. The molecule has 9 heteroatoms. The van der Waals surface area contributed by atoms with Crippen molar-refractivity contribution in [2.75, 3.05) is 18.4 Å². The zero-order valence-electron chi connectivity index (χ0n) is 14.6. The number of aromatic amines is 1. The summed E-state index contributed by atoms with van der Waals surface area (Å²) in [6.45, 7) is 1.96. The summed E-state index contributed by atoms with van der Waals surface area (Å²) in [4.78, 5) is 14.9. The van der Waals surface area contributed by atoms with Crippen LogP contribution in [0.4, 0.5) is 14.6 Å². The molecule has 1 heterocycles. The Bertz CT molecular complexity index is 1030. The Kier molecular flexibility index (Phi) is 8.07. The van der Waals surface area contributed by atoms with Crippen LogP contribution in [0.15, 0.2) is 41.2 Å². The van der Waals surface area contributed by atoms with Crippen LogP contribution in [0.5, 0.6) is 0 Å². The van der Waals surface area contributed by atoms with Gasteiger partial charge in [-0.1, -0.05) is 29.3 Å². The molecule has 0 spiro atoms. The summed E-state index contributed by atoms with van der Waals surface area (Å²) in [6.07, 6.45) is 0.777. The fraction of sp³-hybridized carbons (Fsp3) is 0.211. The fourth-order valence-electron chi connectivity index (χ4n) is 2.72. The highest BCUT2D eigenvalue weighted by Gasteiger charge is 2.09. The van der Waals surface area contributed by atoms with Crippen molar-refractivity contribution in [1.82, 2.24) is 10.3 Å². The van der Waals surface area contributed by atoms with E-state index in [1.165, 1.54) is 6.07 Å². The lowest BCUT2D eigenvalue weighted by Gasteiger charge is -2.09. The fourth-order valence-corrected chi connectivity index (χ4v) is 3.04. The Morgan fingerprint density at radius 1 is 1.00 bits per heavy atom. The zero-order valence-corrected chi connectivity index (χ0v) is 16.9. The van der Waals surface area contributed by atoms with Gasteiger partial charge in [-0.05, 0) is 36.7 Å². The molecule has 0 radical (unpaired) electrons. The highest BCUT2D eigenvalue weighted by molar-refractivity contribution is 6.42. The predicted molar refractivity (Wildman–Crippen MR) is 113 cm³/mol. The SMILES string of the molecule is Cl.O=c1cc(NCCCNCc2ccc(Cl)c(Cl)c2)[nH]c2cc(F)cc(F)c12. The van der Waals surface area contributed by atoms with Crippen LogP contribution in [0.2, 0.25) is 10.0 Å². The van der Waals surface area contributed by atoms with Crippen molar-refractivity contribution >= 4 is 52.3 Å². The highest BCUT2D eigenvalue weighted by atomic mass is 35.5. The Balaban J connectivity index is 0.00000280. The van der Waals surface area contributed by atoms with Gasteiger partial charge in [0.15, 0.2) is 5.43 Å². The van der Waals surface area contributed by atoms with Crippen molar-refractivity contribution in [1.29, 1.82) is 0 Å². The maximum absolute atomic E-state index is 13.7. The molecule has 3 aromatic rings. The average molecular weight is 449 g/mol. The van der Waals surface area contributed by atoms with Crippen LogP contribution >= 0.6 is 35.6 Å². The standard InChI is InChI=1S/C19H17Cl2F2N3O.ClH/c20-13-3-2-11(6-14(13)21)10-24-4-1-5-25-18-9-17(27)19-15(23)7-12(22)8-16(19)26-18;/h2-3,6-9,24H,1,4-5,10H2,(H2,25,26,27);1H. The molecule has 0 atom stereocenters. The van der Waals surface area contributed by atoms with E-state index in [1.807, 2.05) is 12.1 Å². The number of aromatic nitrogens is 1. The maximum Gasteiger partial charge on any atom is 0.194 e. The number of nitrogens with one attached hydrogen (secondary N) is 3. The third kappa shape index (κ3) is 5.58. The van der Waals surface area contributed by atoms with E-state index >= 15 is 0 Å². The zero-order chi connectivity index (χ0) is 19.4. The summed E-state index contributed by atoms with van der Waals surface area (Å²) in [5, 5.41) is 7.22. The molecular weight excluding hydrogens is 431 g/mol. The van der Waals surface area contributed by atoms with Gasteiger partial charge in [-0.25, -0.2) is 8.78 Å². The molecule has 0 unspecified atom stereocenters. The van der Waals surface area contributed by atoms with Gasteiger partial charge >= 0.3 is 0 Å². The molecular formula is C19H18Cl3F2N3O. The van der Waals surface area contributed by atoms with Crippen LogP contribution in [0.25, 0.3) is 10.9 Å². The number of fused-ring (bicyclic) bond motifs is 1. The van der Waals surface area contributed by atoms with Crippen molar-refractivity contribution in [3.05, 3.63) is 73.9 Å². The van der Waals surface area contributed by atoms with Gasteiger partial charge in [0, 0.05) is 25.2 Å². The van der Waals surface area contributed by atoms with E-state index in [4.69, 9.17) is 23.2 Å². The molecule has 0 aliphatic rings. The lowest BCUT2D eigenvalue weighted by atomic mass is 10.2. The number of rotatable bonds is 7. The van der Waals surface area contributed by atoms with Gasteiger partial charge in [0.25, 0.3) is 0 Å². The number of anilines is 1. The van der Waals surface area contributed by atoms with E-state index in [0.717, 1.165) is 24.6 Å². The number of hydrogen-bond donors (Lipinski definition) is 3. The van der Waals surface area contributed by atoms with E-state index < -0.39 is 17.1 Å². The Morgan fingerprint density at radius 3 is 2.54 bits per heavy atom. The van der Waals surface area contributed by atoms with Gasteiger partial charge < -0.3 is 15.6 Å². The summed E-state index contributed by atoms with van der Waals surface area (Å²) >= 11 is 11.9. The van der Waals surface area contributed by atoms with Crippen LogP contribution in [0, 0.1) is 11.6 Å². The number of benzene rings is 2. The monoisotopic (exact) mass is 447 g/mol. The van der Waals surface area contributed by atoms with Gasteiger partial charge in [0.1, 0.15) is 17.5 Å². The largest absolute Gasteiger partial charge is 0.371 e. The first kappa shape index (κ1) is 22.4. The van der Waals surface area contributed by atoms with Crippen LogP contribution in [0.3, 0.4) is 0 Å². The minimum atomic E-state index is -0.871. The molecule has 0 saturated carbocycles.